The molecule has 3 rings (SSSR count). The van der Waals surface area contributed by atoms with Gasteiger partial charge in [-0.1, -0.05) is 39.0 Å². The molecule has 2 aromatic carbocycles. The average Bonchev–Trinajstić information content (AvgIpc) is 2.75. The molecule has 0 spiro atoms. The van der Waals surface area contributed by atoms with Crippen LogP contribution in [-0.4, -0.2) is 31.7 Å². The Kier molecular flexibility index (Phi) is 7.05. The van der Waals surface area contributed by atoms with E-state index in [-0.39, 0.29) is 35.2 Å². The predicted molar refractivity (Wildman–Crippen MR) is 120 cm³/mol. The third kappa shape index (κ3) is 5.35. The minimum Gasteiger partial charge on any atom is -0.349 e. The number of halogens is 2. The van der Waals surface area contributed by atoms with E-state index in [4.69, 9.17) is 0 Å². The van der Waals surface area contributed by atoms with E-state index in [0.717, 1.165) is 17.7 Å². The van der Waals surface area contributed by atoms with Gasteiger partial charge in [-0.2, -0.15) is 4.31 Å². The topological polar surface area (TPSA) is 66.5 Å². The van der Waals surface area contributed by atoms with Gasteiger partial charge >= 0.3 is 0 Å². The molecule has 1 unspecified atom stereocenters. The van der Waals surface area contributed by atoms with Gasteiger partial charge in [0.05, 0.1) is 10.9 Å². The maximum atomic E-state index is 13.5. The fraction of sp³-hybridized carbons (Fsp3) is 0.458. The molecule has 32 heavy (non-hydrogen) atoms. The normalized spacial score (nSPS) is 17.2. The molecule has 1 fully saturated rings. The highest BCUT2D eigenvalue weighted by Gasteiger charge is 2.32. The number of piperidine rings is 1. The second-order valence-corrected chi connectivity index (χ2v) is 11.3. The van der Waals surface area contributed by atoms with Crippen molar-refractivity contribution in [2.24, 2.45) is 5.92 Å². The number of benzene rings is 2. The van der Waals surface area contributed by atoms with E-state index in [1.165, 1.54) is 10.4 Å². The van der Waals surface area contributed by atoms with Gasteiger partial charge < -0.3 is 5.32 Å². The van der Waals surface area contributed by atoms with Gasteiger partial charge in [-0.25, -0.2) is 17.2 Å². The Balaban J connectivity index is 1.60. The number of sulfonamides is 1. The van der Waals surface area contributed by atoms with Gasteiger partial charge in [-0.15, -0.1) is 0 Å². The van der Waals surface area contributed by atoms with E-state index >= 15 is 0 Å². The van der Waals surface area contributed by atoms with Gasteiger partial charge in [0.2, 0.25) is 15.9 Å². The number of amides is 1. The molecular formula is C24H30F2N2O3S. The zero-order valence-corrected chi connectivity index (χ0v) is 19.7. The number of carbonyl (C=O) groups excluding carboxylic acids is 1. The molecule has 0 saturated carbocycles. The number of rotatable bonds is 5. The van der Waals surface area contributed by atoms with E-state index < -0.39 is 27.7 Å². The van der Waals surface area contributed by atoms with Gasteiger partial charge in [0.15, 0.2) is 11.6 Å². The zero-order valence-electron chi connectivity index (χ0n) is 18.9. The lowest BCUT2D eigenvalue weighted by molar-refractivity contribution is -0.126. The van der Waals surface area contributed by atoms with Crippen LogP contribution >= 0.6 is 0 Å². The monoisotopic (exact) mass is 464 g/mol. The molecule has 1 N–H and O–H groups in total. The molecule has 0 radical (unpaired) electrons. The summed E-state index contributed by atoms with van der Waals surface area (Å²) in [5, 5.41) is 2.82. The van der Waals surface area contributed by atoms with Crippen molar-refractivity contribution in [3.05, 3.63) is 65.2 Å². The molecule has 8 heteroatoms. The van der Waals surface area contributed by atoms with Crippen LogP contribution in [0.1, 0.15) is 57.7 Å². The summed E-state index contributed by atoms with van der Waals surface area (Å²) >= 11 is 0. The zero-order chi connectivity index (χ0) is 23.7. The molecule has 5 nitrogen and oxygen atoms in total. The Bertz CT molecular complexity index is 1070. The molecule has 1 amide bonds. The fourth-order valence-corrected chi connectivity index (χ4v) is 5.30. The van der Waals surface area contributed by atoms with Gasteiger partial charge in [0, 0.05) is 19.0 Å². The second-order valence-electron chi connectivity index (χ2n) is 9.36. The molecule has 0 aromatic heterocycles. The lowest BCUT2D eigenvalue weighted by Crippen LogP contribution is -2.43. The van der Waals surface area contributed by atoms with Gasteiger partial charge in [-0.3, -0.25) is 4.79 Å². The molecule has 1 heterocycles. The molecule has 1 atom stereocenters. The van der Waals surface area contributed by atoms with Crippen molar-refractivity contribution < 1.29 is 22.0 Å². The minimum absolute atomic E-state index is 0.0647. The van der Waals surface area contributed by atoms with E-state index in [0.29, 0.717) is 18.4 Å². The Labute approximate surface area is 188 Å². The summed E-state index contributed by atoms with van der Waals surface area (Å²) in [6, 6.07) is 10.0. The molecule has 1 saturated heterocycles. The quantitative estimate of drug-likeness (QED) is 0.707. The van der Waals surface area contributed by atoms with E-state index in [1.807, 2.05) is 12.1 Å². The number of hydrogen-bond acceptors (Lipinski definition) is 3. The highest BCUT2D eigenvalue weighted by atomic mass is 32.2. The van der Waals surface area contributed by atoms with Crippen LogP contribution in [0, 0.1) is 17.6 Å². The van der Waals surface area contributed by atoms with E-state index in [9.17, 15) is 22.0 Å². The highest BCUT2D eigenvalue weighted by Crippen LogP contribution is 2.27. The van der Waals surface area contributed by atoms with Crippen molar-refractivity contribution in [2.75, 3.05) is 13.1 Å². The SMILES string of the molecule is CC(NC(=O)C1CCN(S(=O)(=O)c2ccc(C(C)(C)C)cc2)CC1)c1ccc(F)c(F)c1. The van der Waals surface area contributed by atoms with E-state index in [2.05, 4.69) is 26.1 Å². The molecule has 0 bridgehead atoms. The largest absolute Gasteiger partial charge is 0.349 e. The molecule has 1 aliphatic rings. The lowest BCUT2D eigenvalue weighted by atomic mass is 9.87. The Hall–Kier alpha value is -2.32. The first-order valence-electron chi connectivity index (χ1n) is 10.8. The van der Waals surface area contributed by atoms with Gasteiger partial charge in [0.25, 0.3) is 0 Å². The van der Waals surface area contributed by atoms with Crippen LogP contribution in [0.15, 0.2) is 47.4 Å². The number of nitrogens with zero attached hydrogens (tertiary/aromatic N) is 1. The second kappa shape index (κ2) is 9.27. The average molecular weight is 465 g/mol. The third-order valence-electron chi connectivity index (χ3n) is 5.99. The fourth-order valence-electron chi connectivity index (χ4n) is 3.83. The standard InChI is InChI=1S/C24H30F2N2O3S/c1-16(18-5-10-21(25)22(26)15-18)27-23(29)17-11-13-28(14-12-17)32(30,31)20-8-6-19(7-9-20)24(2,3)4/h5-10,15-17H,11-14H2,1-4H3,(H,27,29). The van der Waals surface area contributed by atoms with Gasteiger partial charge in [0.1, 0.15) is 0 Å². The number of nitrogens with one attached hydrogen (secondary N) is 1. The van der Waals surface area contributed by atoms with Gasteiger partial charge in [-0.05, 0) is 60.6 Å². The van der Waals surface area contributed by atoms with Crippen LogP contribution < -0.4 is 5.32 Å². The summed E-state index contributed by atoms with van der Waals surface area (Å²) in [5.74, 6) is -2.45. The summed E-state index contributed by atoms with van der Waals surface area (Å²) in [4.78, 5) is 12.9. The summed E-state index contributed by atoms with van der Waals surface area (Å²) < 4.78 is 54.0. The highest BCUT2D eigenvalue weighted by molar-refractivity contribution is 7.89. The van der Waals surface area contributed by atoms with Crippen molar-refractivity contribution in [2.45, 2.75) is 56.9 Å². The molecule has 174 valence electrons. The Morgan fingerprint density at radius 1 is 1.03 bits per heavy atom. The minimum atomic E-state index is -3.62. The summed E-state index contributed by atoms with van der Waals surface area (Å²) in [5.41, 5.74) is 1.46. The first kappa shape index (κ1) is 24.3. The maximum absolute atomic E-state index is 13.5. The summed E-state index contributed by atoms with van der Waals surface area (Å²) in [6.45, 7) is 8.41. The molecule has 1 aliphatic heterocycles. The summed E-state index contributed by atoms with van der Waals surface area (Å²) in [6.07, 6.45) is 0.797. The van der Waals surface area contributed by atoms with Crippen LogP contribution in [0.5, 0.6) is 0 Å². The summed E-state index contributed by atoms with van der Waals surface area (Å²) in [7, 11) is -3.62. The number of hydrogen-bond donors (Lipinski definition) is 1. The van der Waals surface area contributed by atoms with Crippen molar-refractivity contribution in [1.29, 1.82) is 0 Å². The van der Waals surface area contributed by atoms with Crippen LogP contribution in [0.2, 0.25) is 0 Å². The lowest BCUT2D eigenvalue weighted by Gasteiger charge is -2.31. The van der Waals surface area contributed by atoms with Crippen molar-refractivity contribution in [3.63, 3.8) is 0 Å². The first-order valence-corrected chi connectivity index (χ1v) is 12.2. The molecule has 0 aliphatic carbocycles. The van der Waals surface area contributed by atoms with Crippen molar-refractivity contribution in [1.82, 2.24) is 9.62 Å². The smallest absolute Gasteiger partial charge is 0.243 e. The van der Waals surface area contributed by atoms with Crippen LogP contribution in [0.3, 0.4) is 0 Å². The predicted octanol–water partition coefficient (Wildman–Crippen LogP) is 4.54. The van der Waals surface area contributed by atoms with Crippen LogP contribution in [-0.2, 0) is 20.2 Å². The first-order chi connectivity index (χ1) is 14.9. The molecule has 2 aromatic rings. The van der Waals surface area contributed by atoms with Crippen LogP contribution in [0.4, 0.5) is 8.78 Å². The Morgan fingerprint density at radius 3 is 2.16 bits per heavy atom. The maximum Gasteiger partial charge on any atom is 0.243 e. The number of carbonyl (C=O) groups is 1. The van der Waals surface area contributed by atoms with Crippen molar-refractivity contribution in [3.8, 4) is 0 Å². The van der Waals surface area contributed by atoms with Crippen molar-refractivity contribution >= 4 is 15.9 Å². The van der Waals surface area contributed by atoms with Crippen LogP contribution in [0.25, 0.3) is 0 Å². The van der Waals surface area contributed by atoms with E-state index in [1.54, 1.807) is 19.1 Å². The Morgan fingerprint density at radius 2 is 1.62 bits per heavy atom. The molecular weight excluding hydrogens is 434 g/mol. The third-order valence-corrected chi connectivity index (χ3v) is 7.90.